The Hall–Kier alpha value is -0.480. The predicted molar refractivity (Wildman–Crippen MR) is 73.6 cm³/mol. The van der Waals surface area contributed by atoms with Gasteiger partial charge in [0.2, 0.25) is 0 Å². The molecule has 1 heterocycles. The maximum absolute atomic E-state index is 11.3. The third-order valence-corrected chi connectivity index (χ3v) is 6.51. The first-order valence-corrected chi connectivity index (χ1v) is 9.44. The Morgan fingerprint density at radius 2 is 1.79 bits per heavy atom. The molecule has 0 radical (unpaired) electrons. The Balaban J connectivity index is 3.11. The normalized spacial score (nSPS) is 16.2. The van der Waals surface area contributed by atoms with E-state index in [1.165, 1.54) is 6.92 Å². The van der Waals surface area contributed by atoms with Crippen LogP contribution in [0.2, 0.25) is 0 Å². The molecule has 0 fully saturated rings. The smallest absolute Gasteiger partial charge is 0.272 e. The Kier molecular flexibility index (Phi) is 5.13. The second-order valence-electron chi connectivity index (χ2n) is 4.25. The highest BCUT2D eigenvalue weighted by molar-refractivity contribution is 7.86. The van der Waals surface area contributed by atoms with Crippen LogP contribution in [0.25, 0.3) is 0 Å². The van der Waals surface area contributed by atoms with E-state index in [-0.39, 0.29) is 12.8 Å². The van der Waals surface area contributed by atoms with Crippen LogP contribution in [0.5, 0.6) is 0 Å². The molecular formula is C10H16O6S3. The van der Waals surface area contributed by atoms with Crippen molar-refractivity contribution in [2.45, 2.75) is 37.2 Å². The molecule has 1 aromatic heterocycles. The molecule has 9 heteroatoms. The lowest BCUT2D eigenvalue weighted by Crippen LogP contribution is -2.20. The Morgan fingerprint density at radius 3 is 2.21 bits per heavy atom. The number of thiophene rings is 1. The van der Waals surface area contributed by atoms with E-state index in [9.17, 15) is 21.4 Å². The lowest BCUT2D eigenvalue weighted by Gasteiger charge is -2.14. The highest BCUT2D eigenvalue weighted by Gasteiger charge is 2.28. The SMILES string of the molecule is CCC(c1sccc1CC(C)S(=O)(=O)O)S(=O)(=O)O. The van der Waals surface area contributed by atoms with E-state index in [0.29, 0.717) is 10.4 Å². The second-order valence-corrected chi connectivity index (χ2v) is 8.63. The van der Waals surface area contributed by atoms with Gasteiger partial charge < -0.3 is 0 Å². The van der Waals surface area contributed by atoms with Gasteiger partial charge >= 0.3 is 0 Å². The van der Waals surface area contributed by atoms with Crippen molar-refractivity contribution in [3.63, 3.8) is 0 Å². The summed E-state index contributed by atoms with van der Waals surface area (Å²) < 4.78 is 62.7. The topological polar surface area (TPSA) is 109 Å². The van der Waals surface area contributed by atoms with Gasteiger partial charge in [-0.15, -0.1) is 11.3 Å². The van der Waals surface area contributed by atoms with Crippen LogP contribution in [0.1, 0.15) is 36.0 Å². The first-order valence-electron chi connectivity index (χ1n) is 5.56. The van der Waals surface area contributed by atoms with Crippen molar-refractivity contribution in [2.75, 3.05) is 0 Å². The molecule has 0 aromatic carbocycles. The maximum Gasteiger partial charge on any atom is 0.272 e. The molecule has 2 unspecified atom stereocenters. The monoisotopic (exact) mass is 328 g/mol. The molecule has 0 saturated heterocycles. The van der Waals surface area contributed by atoms with Crippen LogP contribution in [0.3, 0.4) is 0 Å². The van der Waals surface area contributed by atoms with Crippen LogP contribution in [0, 0.1) is 0 Å². The molecule has 0 amide bonds. The van der Waals surface area contributed by atoms with E-state index < -0.39 is 30.7 Å². The minimum atomic E-state index is -4.23. The molecule has 110 valence electrons. The number of hydrogen-bond acceptors (Lipinski definition) is 5. The van der Waals surface area contributed by atoms with Gasteiger partial charge in [-0.2, -0.15) is 16.8 Å². The fraction of sp³-hybridized carbons (Fsp3) is 0.600. The van der Waals surface area contributed by atoms with E-state index in [1.54, 1.807) is 18.4 Å². The highest BCUT2D eigenvalue weighted by atomic mass is 32.2. The molecule has 1 aromatic rings. The Bertz CT molecular complexity index is 628. The van der Waals surface area contributed by atoms with Crippen molar-refractivity contribution in [1.82, 2.24) is 0 Å². The van der Waals surface area contributed by atoms with Gasteiger partial charge in [-0.05, 0) is 36.8 Å². The molecule has 2 N–H and O–H groups in total. The first-order chi connectivity index (χ1) is 8.57. The Labute approximate surface area is 117 Å². The summed E-state index contributed by atoms with van der Waals surface area (Å²) in [6.07, 6.45) is 0.191. The zero-order valence-electron chi connectivity index (χ0n) is 10.5. The van der Waals surface area contributed by atoms with E-state index in [2.05, 4.69) is 0 Å². The van der Waals surface area contributed by atoms with Gasteiger partial charge in [-0.3, -0.25) is 9.11 Å². The molecule has 0 bridgehead atoms. The van der Waals surface area contributed by atoms with Gasteiger partial charge in [-0.1, -0.05) is 6.92 Å². The molecule has 19 heavy (non-hydrogen) atoms. The molecular weight excluding hydrogens is 312 g/mol. The number of rotatable bonds is 6. The van der Waals surface area contributed by atoms with Crippen molar-refractivity contribution in [3.05, 3.63) is 21.9 Å². The van der Waals surface area contributed by atoms with Gasteiger partial charge in [0.25, 0.3) is 20.2 Å². The van der Waals surface area contributed by atoms with E-state index in [0.717, 1.165) is 11.3 Å². The second kappa shape index (κ2) is 5.88. The van der Waals surface area contributed by atoms with Crippen molar-refractivity contribution < 1.29 is 25.9 Å². The molecule has 0 saturated carbocycles. The summed E-state index contributed by atoms with van der Waals surface area (Å²) >= 11 is 1.15. The van der Waals surface area contributed by atoms with Crippen molar-refractivity contribution in [1.29, 1.82) is 0 Å². The molecule has 0 spiro atoms. The van der Waals surface area contributed by atoms with E-state index in [1.807, 2.05) is 0 Å². The molecule has 0 aliphatic heterocycles. The quantitative estimate of drug-likeness (QED) is 0.772. The Morgan fingerprint density at radius 1 is 1.21 bits per heavy atom. The lowest BCUT2D eigenvalue weighted by atomic mass is 10.1. The van der Waals surface area contributed by atoms with Gasteiger partial charge in [0.05, 0.1) is 5.25 Å². The lowest BCUT2D eigenvalue weighted by molar-refractivity contribution is 0.467. The minimum Gasteiger partial charge on any atom is -0.285 e. The predicted octanol–water partition coefficient (Wildman–Crippen LogP) is 1.91. The fourth-order valence-corrected chi connectivity index (χ4v) is 4.51. The third kappa shape index (κ3) is 4.25. The average molecular weight is 328 g/mol. The summed E-state index contributed by atoms with van der Waals surface area (Å²) in [6, 6.07) is 1.61. The van der Waals surface area contributed by atoms with Gasteiger partial charge in [-0.25, -0.2) is 0 Å². The first kappa shape index (κ1) is 16.6. The number of hydrogen-bond donors (Lipinski definition) is 2. The van der Waals surface area contributed by atoms with E-state index in [4.69, 9.17) is 4.55 Å². The molecule has 0 aliphatic rings. The van der Waals surface area contributed by atoms with Crippen LogP contribution in [0.15, 0.2) is 11.4 Å². The van der Waals surface area contributed by atoms with Crippen molar-refractivity contribution >= 4 is 31.6 Å². The standard InChI is InChI=1S/C10H16O6S3/c1-3-9(19(14,15)16)10-8(4-5-17-10)6-7(2)18(11,12)13/h4-5,7,9H,3,6H2,1-2H3,(H,11,12,13)(H,14,15,16). The van der Waals surface area contributed by atoms with Crippen LogP contribution < -0.4 is 0 Å². The van der Waals surface area contributed by atoms with Crippen LogP contribution >= 0.6 is 11.3 Å². The van der Waals surface area contributed by atoms with Crippen LogP contribution in [-0.4, -0.2) is 31.2 Å². The van der Waals surface area contributed by atoms with Crippen molar-refractivity contribution in [2.24, 2.45) is 0 Å². The van der Waals surface area contributed by atoms with Crippen molar-refractivity contribution in [3.8, 4) is 0 Å². The summed E-state index contributed by atoms with van der Waals surface area (Å²) in [7, 11) is -8.40. The van der Waals surface area contributed by atoms with Crippen LogP contribution in [0.4, 0.5) is 0 Å². The van der Waals surface area contributed by atoms with Gasteiger partial charge in [0, 0.05) is 4.88 Å². The minimum absolute atomic E-state index is 0.00366. The summed E-state index contributed by atoms with van der Waals surface area (Å²) in [5.74, 6) is 0. The highest BCUT2D eigenvalue weighted by Crippen LogP contribution is 2.33. The molecule has 6 nitrogen and oxygen atoms in total. The molecule has 1 rings (SSSR count). The zero-order valence-corrected chi connectivity index (χ0v) is 12.9. The van der Waals surface area contributed by atoms with E-state index >= 15 is 0 Å². The zero-order chi connectivity index (χ0) is 14.8. The maximum atomic E-state index is 11.3. The fourth-order valence-electron chi connectivity index (χ4n) is 1.74. The van der Waals surface area contributed by atoms with Gasteiger partial charge in [0.1, 0.15) is 5.25 Å². The third-order valence-electron chi connectivity index (χ3n) is 2.82. The van der Waals surface area contributed by atoms with Gasteiger partial charge in [0.15, 0.2) is 0 Å². The summed E-state index contributed by atoms with van der Waals surface area (Å²) in [6.45, 7) is 2.96. The molecule has 0 aliphatic carbocycles. The average Bonchev–Trinajstić information content (AvgIpc) is 2.63. The van der Waals surface area contributed by atoms with Crippen LogP contribution in [-0.2, 0) is 26.7 Å². The largest absolute Gasteiger partial charge is 0.285 e. The summed E-state index contributed by atoms with van der Waals surface area (Å²) in [5, 5.41) is -0.453. The summed E-state index contributed by atoms with van der Waals surface area (Å²) in [5.41, 5.74) is 0.514. The molecule has 2 atom stereocenters. The summed E-state index contributed by atoms with van der Waals surface area (Å²) in [4.78, 5) is 0.417.